The number of amidine groups is 1. The Morgan fingerprint density at radius 1 is 1.12 bits per heavy atom. The Bertz CT molecular complexity index is 821. The van der Waals surface area contributed by atoms with E-state index in [1.165, 1.54) is 5.56 Å². The Kier molecular flexibility index (Phi) is 4.47. The van der Waals surface area contributed by atoms with Crippen LogP contribution in [0.3, 0.4) is 0 Å². The van der Waals surface area contributed by atoms with Crippen LogP contribution in [-0.2, 0) is 4.79 Å². The Balaban J connectivity index is 2.00. The number of nitrogens with one attached hydrogen (secondary N) is 1. The van der Waals surface area contributed by atoms with Gasteiger partial charge in [-0.1, -0.05) is 50.2 Å². The maximum atomic E-state index is 12.2. The molecule has 0 radical (unpaired) electrons. The Morgan fingerprint density at radius 3 is 2.54 bits per heavy atom. The third-order valence-electron chi connectivity index (χ3n) is 3.96. The maximum Gasteiger partial charge on any atom is 0.275 e. The van der Waals surface area contributed by atoms with Crippen molar-refractivity contribution in [2.75, 3.05) is 7.11 Å². The molecule has 2 aromatic rings. The lowest BCUT2D eigenvalue weighted by atomic mass is 10.00. The van der Waals surface area contributed by atoms with Gasteiger partial charge in [0.2, 0.25) is 0 Å². The zero-order chi connectivity index (χ0) is 17.1. The van der Waals surface area contributed by atoms with Crippen LogP contribution in [0, 0.1) is 0 Å². The van der Waals surface area contributed by atoms with Gasteiger partial charge < -0.3 is 10.1 Å². The number of methoxy groups -OCH3 is 1. The lowest BCUT2D eigenvalue weighted by molar-refractivity contribution is -0.115. The average Bonchev–Trinajstić information content (AvgIpc) is 2.96. The second kappa shape index (κ2) is 6.71. The topological polar surface area (TPSA) is 50.7 Å². The molecule has 4 heteroatoms. The predicted octanol–water partition coefficient (Wildman–Crippen LogP) is 3.74. The lowest BCUT2D eigenvalue weighted by Gasteiger charge is -2.10. The summed E-state index contributed by atoms with van der Waals surface area (Å²) in [5.74, 6) is 1.49. The highest BCUT2D eigenvalue weighted by atomic mass is 16.5. The van der Waals surface area contributed by atoms with Gasteiger partial charge in [0.15, 0.2) is 0 Å². The third kappa shape index (κ3) is 3.23. The standard InChI is InChI=1S/C20H20N2O2/c1-13(2)15-9-10-18(24-3)16(11-15)12-17-20(23)22-19(21-17)14-7-5-4-6-8-14/h4-13H,1-3H3,(H,21,22,23)/b17-12-. The van der Waals surface area contributed by atoms with Gasteiger partial charge >= 0.3 is 0 Å². The number of carbonyl (C=O) groups excluding carboxylic acids is 1. The summed E-state index contributed by atoms with van der Waals surface area (Å²) in [6.45, 7) is 4.26. The van der Waals surface area contributed by atoms with Crippen molar-refractivity contribution in [1.82, 2.24) is 5.32 Å². The number of amides is 1. The fourth-order valence-corrected chi connectivity index (χ4v) is 2.57. The molecular weight excluding hydrogens is 300 g/mol. The summed E-state index contributed by atoms with van der Waals surface area (Å²) in [4.78, 5) is 16.7. The molecule has 0 bridgehead atoms. The fraction of sp³-hybridized carbons (Fsp3) is 0.200. The van der Waals surface area contributed by atoms with Gasteiger partial charge in [0, 0.05) is 11.1 Å². The maximum absolute atomic E-state index is 12.2. The minimum absolute atomic E-state index is 0.203. The summed E-state index contributed by atoms with van der Waals surface area (Å²) < 4.78 is 5.41. The number of rotatable bonds is 4. The van der Waals surface area contributed by atoms with E-state index < -0.39 is 0 Å². The van der Waals surface area contributed by atoms with E-state index >= 15 is 0 Å². The largest absolute Gasteiger partial charge is 0.496 e. The van der Waals surface area contributed by atoms with Crippen molar-refractivity contribution in [2.45, 2.75) is 19.8 Å². The first kappa shape index (κ1) is 16.0. The number of hydrogen-bond donors (Lipinski definition) is 1. The second-order valence-electron chi connectivity index (χ2n) is 5.97. The van der Waals surface area contributed by atoms with E-state index in [0.717, 1.165) is 16.9 Å². The molecule has 0 unspecified atom stereocenters. The molecule has 1 N–H and O–H groups in total. The van der Waals surface area contributed by atoms with E-state index in [1.54, 1.807) is 13.2 Å². The van der Waals surface area contributed by atoms with Crippen molar-refractivity contribution in [2.24, 2.45) is 4.99 Å². The number of nitrogens with zero attached hydrogens (tertiary/aromatic N) is 1. The molecule has 1 aliphatic rings. The number of benzene rings is 2. The van der Waals surface area contributed by atoms with Crippen molar-refractivity contribution < 1.29 is 9.53 Å². The second-order valence-corrected chi connectivity index (χ2v) is 5.97. The molecule has 122 valence electrons. The molecule has 0 saturated heterocycles. The highest BCUT2D eigenvalue weighted by Crippen LogP contribution is 2.27. The molecule has 4 nitrogen and oxygen atoms in total. The Hall–Kier alpha value is -2.88. The quantitative estimate of drug-likeness (QED) is 0.873. The van der Waals surface area contributed by atoms with Crippen molar-refractivity contribution in [3.63, 3.8) is 0 Å². The van der Waals surface area contributed by atoms with Crippen LogP contribution in [0.1, 0.15) is 36.5 Å². The lowest BCUT2D eigenvalue weighted by Crippen LogP contribution is -2.24. The summed E-state index contributed by atoms with van der Waals surface area (Å²) >= 11 is 0. The summed E-state index contributed by atoms with van der Waals surface area (Å²) in [5, 5.41) is 2.82. The van der Waals surface area contributed by atoms with Gasteiger partial charge in [-0.25, -0.2) is 4.99 Å². The first-order valence-corrected chi connectivity index (χ1v) is 7.93. The third-order valence-corrected chi connectivity index (χ3v) is 3.96. The fourth-order valence-electron chi connectivity index (χ4n) is 2.57. The summed E-state index contributed by atoms with van der Waals surface area (Å²) in [7, 11) is 1.62. The van der Waals surface area contributed by atoms with Crippen LogP contribution in [0.25, 0.3) is 6.08 Å². The number of aliphatic imine (C=N–C) groups is 1. The van der Waals surface area contributed by atoms with Crippen LogP contribution in [0.2, 0.25) is 0 Å². The van der Waals surface area contributed by atoms with E-state index in [1.807, 2.05) is 48.5 Å². The molecule has 1 heterocycles. The van der Waals surface area contributed by atoms with E-state index in [4.69, 9.17) is 4.74 Å². The van der Waals surface area contributed by atoms with Gasteiger partial charge in [0.25, 0.3) is 5.91 Å². The van der Waals surface area contributed by atoms with Crippen LogP contribution in [0.15, 0.2) is 59.2 Å². The molecule has 0 saturated carbocycles. The SMILES string of the molecule is COc1ccc(C(C)C)cc1/C=C1\N=C(c2ccccc2)NC1=O. The molecule has 24 heavy (non-hydrogen) atoms. The van der Waals surface area contributed by atoms with E-state index in [0.29, 0.717) is 17.5 Å². The van der Waals surface area contributed by atoms with Crippen LogP contribution in [0.5, 0.6) is 5.75 Å². The summed E-state index contributed by atoms with van der Waals surface area (Å²) in [6, 6.07) is 15.6. The molecule has 0 atom stereocenters. The minimum Gasteiger partial charge on any atom is -0.496 e. The van der Waals surface area contributed by atoms with E-state index in [-0.39, 0.29) is 5.91 Å². The van der Waals surface area contributed by atoms with Gasteiger partial charge in [0.1, 0.15) is 17.3 Å². The Morgan fingerprint density at radius 2 is 1.88 bits per heavy atom. The zero-order valence-corrected chi connectivity index (χ0v) is 14.0. The van der Waals surface area contributed by atoms with Crippen molar-refractivity contribution >= 4 is 17.8 Å². The molecule has 0 aliphatic carbocycles. The van der Waals surface area contributed by atoms with Crippen LogP contribution in [-0.4, -0.2) is 18.9 Å². The normalized spacial score (nSPS) is 15.6. The number of carbonyl (C=O) groups is 1. The van der Waals surface area contributed by atoms with Gasteiger partial charge in [-0.05, 0) is 29.7 Å². The summed E-state index contributed by atoms with van der Waals surface area (Å²) in [6.07, 6.45) is 1.77. The molecule has 1 aliphatic heterocycles. The molecule has 2 aromatic carbocycles. The van der Waals surface area contributed by atoms with Crippen molar-refractivity contribution in [3.05, 3.63) is 70.9 Å². The summed E-state index contributed by atoms with van der Waals surface area (Å²) in [5.41, 5.74) is 3.31. The molecule has 0 fully saturated rings. The van der Waals surface area contributed by atoms with Crippen LogP contribution in [0.4, 0.5) is 0 Å². The molecule has 0 aromatic heterocycles. The van der Waals surface area contributed by atoms with Gasteiger partial charge in [-0.3, -0.25) is 4.79 Å². The molecule has 3 rings (SSSR count). The molecule has 0 spiro atoms. The van der Waals surface area contributed by atoms with E-state index in [2.05, 4.69) is 24.2 Å². The van der Waals surface area contributed by atoms with Crippen LogP contribution < -0.4 is 10.1 Å². The van der Waals surface area contributed by atoms with E-state index in [9.17, 15) is 4.79 Å². The van der Waals surface area contributed by atoms with Gasteiger partial charge in [0.05, 0.1) is 7.11 Å². The smallest absolute Gasteiger partial charge is 0.275 e. The van der Waals surface area contributed by atoms with Crippen LogP contribution >= 0.6 is 0 Å². The number of ether oxygens (including phenoxy) is 1. The highest BCUT2D eigenvalue weighted by molar-refractivity contribution is 6.19. The monoisotopic (exact) mass is 320 g/mol. The highest BCUT2D eigenvalue weighted by Gasteiger charge is 2.21. The first-order valence-electron chi connectivity index (χ1n) is 7.93. The predicted molar refractivity (Wildman–Crippen MR) is 96.2 cm³/mol. The number of hydrogen-bond acceptors (Lipinski definition) is 3. The first-order chi connectivity index (χ1) is 11.6. The minimum atomic E-state index is -0.203. The molecule has 1 amide bonds. The zero-order valence-electron chi connectivity index (χ0n) is 14.0. The molecular formula is C20H20N2O2. The van der Waals surface area contributed by atoms with Gasteiger partial charge in [-0.15, -0.1) is 0 Å². The van der Waals surface area contributed by atoms with Crippen molar-refractivity contribution in [1.29, 1.82) is 0 Å². The Labute approximate surface area is 141 Å². The average molecular weight is 320 g/mol. The van der Waals surface area contributed by atoms with Gasteiger partial charge in [-0.2, -0.15) is 0 Å². The van der Waals surface area contributed by atoms with Crippen molar-refractivity contribution in [3.8, 4) is 5.75 Å².